The lowest BCUT2D eigenvalue weighted by Gasteiger charge is -2.18. The number of aryl methyl sites for hydroxylation is 2. The van der Waals surface area contributed by atoms with Gasteiger partial charge in [-0.2, -0.15) is 0 Å². The van der Waals surface area contributed by atoms with Gasteiger partial charge in [0.05, 0.1) is 18.4 Å². The van der Waals surface area contributed by atoms with Crippen LogP contribution in [-0.2, 0) is 9.59 Å². The van der Waals surface area contributed by atoms with Crippen molar-refractivity contribution in [2.45, 2.75) is 13.8 Å². The van der Waals surface area contributed by atoms with E-state index in [4.69, 9.17) is 4.74 Å². The number of amides is 2. The highest BCUT2D eigenvalue weighted by Crippen LogP contribution is 2.37. The third kappa shape index (κ3) is 3.68. The van der Waals surface area contributed by atoms with Crippen LogP contribution < -0.4 is 15.0 Å². The smallest absolute Gasteiger partial charge is 0.282 e. The zero-order valence-electron chi connectivity index (χ0n) is 17.4. The molecule has 2 amide bonds. The molecule has 0 saturated carbocycles. The summed E-state index contributed by atoms with van der Waals surface area (Å²) in [4.78, 5) is 28.0. The second kappa shape index (κ2) is 8.07. The minimum absolute atomic E-state index is 0.130. The monoisotopic (exact) mass is 416 g/mol. The molecule has 0 fully saturated rings. The van der Waals surface area contributed by atoms with Gasteiger partial charge < -0.3 is 10.1 Å². The SMILES string of the molecule is COc1ccccc1N1C(=O)C(Nc2ccc(C)c(C)c2)=C(c2ccc(F)cc2)C1=O. The molecule has 0 aromatic heterocycles. The first-order chi connectivity index (χ1) is 14.9. The van der Waals surface area contributed by atoms with Crippen LogP contribution in [0, 0.1) is 19.7 Å². The summed E-state index contributed by atoms with van der Waals surface area (Å²) in [5.74, 6) is -1.04. The van der Waals surface area contributed by atoms with E-state index in [1.807, 2.05) is 32.0 Å². The minimum atomic E-state index is -0.507. The topological polar surface area (TPSA) is 58.6 Å². The molecule has 0 radical (unpaired) electrons. The van der Waals surface area contributed by atoms with Gasteiger partial charge in [-0.1, -0.05) is 30.3 Å². The number of para-hydroxylation sites is 2. The summed E-state index contributed by atoms with van der Waals surface area (Å²) < 4.78 is 18.9. The van der Waals surface area contributed by atoms with E-state index in [0.29, 0.717) is 22.7 Å². The zero-order chi connectivity index (χ0) is 22.1. The largest absolute Gasteiger partial charge is 0.495 e. The average Bonchev–Trinajstić information content (AvgIpc) is 3.01. The van der Waals surface area contributed by atoms with Crippen molar-refractivity contribution in [1.29, 1.82) is 0 Å². The van der Waals surface area contributed by atoms with Crippen LogP contribution in [0.2, 0.25) is 0 Å². The van der Waals surface area contributed by atoms with Gasteiger partial charge in [0.1, 0.15) is 17.3 Å². The Labute approximate surface area is 179 Å². The number of nitrogens with one attached hydrogen (secondary N) is 1. The molecule has 1 aliphatic rings. The molecule has 5 nitrogen and oxygen atoms in total. The molecule has 0 aliphatic carbocycles. The number of benzene rings is 3. The molecule has 0 atom stereocenters. The molecule has 31 heavy (non-hydrogen) atoms. The van der Waals surface area contributed by atoms with Gasteiger partial charge in [0.15, 0.2) is 0 Å². The molecule has 4 rings (SSSR count). The third-order valence-electron chi connectivity index (χ3n) is 5.32. The van der Waals surface area contributed by atoms with Crippen LogP contribution in [0.5, 0.6) is 5.75 Å². The lowest BCUT2D eigenvalue weighted by Crippen LogP contribution is -2.32. The second-order valence-electron chi connectivity index (χ2n) is 7.30. The van der Waals surface area contributed by atoms with Crippen LogP contribution >= 0.6 is 0 Å². The minimum Gasteiger partial charge on any atom is -0.495 e. The van der Waals surface area contributed by atoms with E-state index in [9.17, 15) is 14.0 Å². The molecule has 0 spiro atoms. The molecule has 1 aliphatic heterocycles. The maximum Gasteiger partial charge on any atom is 0.282 e. The predicted molar refractivity (Wildman–Crippen MR) is 118 cm³/mol. The van der Waals surface area contributed by atoms with Gasteiger partial charge in [0.2, 0.25) is 0 Å². The number of halogens is 1. The van der Waals surface area contributed by atoms with Crippen LogP contribution in [0.15, 0.2) is 72.4 Å². The number of anilines is 2. The quantitative estimate of drug-likeness (QED) is 0.604. The highest BCUT2D eigenvalue weighted by Gasteiger charge is 2.41. The summed E-state index contributed by atoms with van der Waals surface area (Å²) >= 11 is 0. The fraction of sp³-hybridized carbons (Fsp3) is 0.120. The van der Waals surface area contributed by atoms with Gasteiger partial charge in [-0.25, -0.2) is 9.29 Å². The Kier molecular flexibility index (Phi) is 5.29. The van der Waals surface area contributed by atoms with Crippen LogP contribution in [0.4, 0.5) is 15.8 Å². The van der Waals surface area contributed by atoms with Gasteiger partial charge in [-0.15, -0.1) is 0 Å². The fourth-order valence-corrected chi connectivity index (χ4v) is 3.53. The Morgan fingerprint density at radius 1 is 0.871 bits per heavy atom. The number of methoxy groups -OCH3 is 1. The molecule has 3 aromatic carbocycles. The summed E-state index contributed by atoms with van der Waals surface area (Å²) in [5.41, 5.74) is 3.94. The van der Waals surface area contributed by atoms with E-state index in [2.05, 4.69) is 5.32 Å². The van der Waals surface area contributed by atoms with Gasteiger partial charge in [0.25, 0.3) is 11.8 Å². The van der Waals surface area contributed by atoms with Crippen molar-refractivity contribution in [3.05, 3.63) is 94.9 Å². The lowest BCUT2D eigenvalue weighted by molar-refractivity contribution is -0.120. The summed E-state index contributed by atoms with van der Waals surface area (Å²) in [6.45, 7) is 3.97. The molecule has 0 bridgehead atoms. The number of hydrogen-bond acceptors (Lipinski definition) is 4. The van der Waals surface area contributed by atoms with Gasteiger partial charge in [0, 0.05) is 5.69 Å². The van der Waals surface area contributed by atoms with Crippen molar-refractivity contribution in [2.75, 3.05) is 17.3 Å². The van der Waals surface area contributed by atoms with E-state index in [1.54, 1.807) is 24.3 Å². The number of rotatable bonds is 5. The van der Waals surface area contributed by atoms with E-state index < -0.39 is 17.6 Å². The molecule has 156 valence electrons. The van der Waals surface area contributed by atoms with Crippen LogP contribution in [-0.4, -0.2) is 18.9 Å². The highest BCUT2D eigenvalue weighted by atomic mass is 19.1. The number of nitrogens with zero attached hydrogens (tertiary/aromatic N) is 1. The van der Waals surface area contributed by atoms with Crippen molar-refractivity contribution < 1.29 is 18.7 Å². The van der Waals surface area contributed by atoms with Crippen molar-refractivity contribution in [3.63, 3.8) is 0 Å². The van der Waals surface area contributed by atoms with Gasteiger partial charge in [-0.3, -0.25) is 9.59 Å². The average molecular weight is 416 g/mol. The first kappa shape index (κ1) is 20.3. The normalized spacial score (nSPS) is 13.7. The van der Waals surface area contributed by atoms with Crippen LogP contribution in [0.1, 0.15) is 16.7 Å². The number of imide groups is 1. The highest BCUT2D eigenvalue weighted by molar-refractivity contribution is 6.46. The molecule has 1 heterocycles. The number of carbonyl (C=O) groups excluding carboxylic acids is 2. The standard InChI is InChI=1S/C25H21FN2O3/c1-15-8-13-19(14-16(15)2)27-23-22(17-9-11-18(26)12-10-17)24(29)28(25(23)30)20-6-4-5-7-21(20)31-3/h4-14,27H,1-3H3. The van der Waals surface area contributed by atoms with E-state index in [-0.39, 0.29) is 11.3 Å². The first-order valence-electron chi connectivity index (χ1n) is 9.77. The van der Waals surface area contributed by atoms with E-state index >= 15 is 0 Å². The summed E-state index contributed by atoms with van der Waals surface area (Å²) in [6.07, 6.45) is 0. The Bertz CT molecular complexity index is 1220. The fourth-order valence-electron chi connectivity index (χ4n) is 3.53. The molecular formula is C25H21FN2O3. The maximum absolute atomic E-state index is 13.5. The van der Waals surface area contributed by atoms with E-state index in [1.165, 1.54) is 31.4 Å². The zero-order valence-corrected chi connectivity index (χ0v) is 17.4. The first-order valence-corrected chi connectivity index (χ1v) is 9.77. The predicted octanol–water partition coefficient (Wildman–Crippen LogP) is 4.85. The number of ether oxygens (including phenoxy) is 1. The lowest BCUT2D eigenvalue weighted by atomic mass is 10.0. The molecule has 0 unspecified atom stereocenters. The van der Waals surface area contributed by atoms with E-state index in [0.717, 1.165) is 16.0 Å². The molecule has 0 saturated heterocycles. The Morgan fingerprint density at radius 2 is 1.58 bits per heavy atom. The molecule has 3 aromatic rings. The Hall–Kier alpha value is -3.93. The molecular weight excluding hydrogens is 395 g/mol. The van der Waals surface area contributed by atoms with Crippen molar-refractivity contribution in [3.8, 4) is 5.75 Å². The Morgan fingerprint density at radius 3 is 2.26 bits per heavy atom. The molecule has 6 heteroatoms. The number of carbonyl (C=O) groups is 2. The van der Waals surface area contributed by atoms with Crippen LogP contribution in [0.25, 0.3) is 5.57 Å². The second-order valence-corrected chi connectivity index (χ2v) is 7.30. The summed E-state index contributed by atoms with van der Waals surface area (Å²) in [7, 11) is 1.48. The third-order valence-corrected chi connectivity index (χ3v) is 5.32. The maximum atomic E-state index is 13.5. The van der Waals surface area contributed by atoms with Gasteiger partial charge >= 0.3 is 0 Å². The summed E-state index contributed by atoms with van der Waals surface area (Å²) in [6, 6.07) is 18.0. The summed E-state index contributed by atoms with van der Waals surface area (Å²) in [5, 5.41) is 3.12. The van der Waals surface area contributed by atoms with Crippen molar-refractivity contribution in [2.24, 2.45) is 0 Å². The van der Waals surface area contributed by atoms with Crippen molar-refractivity contribution >= 4 is 28.8 Å². The van der Waals surface area contributed by atoms with Crippen molar-refractivity contribution in [1.82, 2.24) is 0 Å². The number of hydrogen-bond donors (Lipinski definition) is 1. The van der Waals surface area contributed by atoms with Crippen LogP contribution in [0.3, 0.4) is 0 Å². The molecule has 1 N–H and O–H groups in total. The van der Waals surface area contributed by atoms with Gasteiger partial charge in [-0.05, 0) is 66.9 Å². The Balaban J connectivity index is 1.84.